The fourth-order valence-electron chi connectivity index (χ4n) is 2.80. The van der Waals surface area contributed by atoms with Crippen LogP contribution in [-0.4, -0.2) is 45.6 Å². The number of nitrogens with zero attached hydrogens (tertiary/aromatic N) is 3. The summed E-state index contributed by atoms with van der Waals surface area (Å²) in [5, 5.41) is 3.34. The normalized spacial score (nSPS) is 17.5. The number of pyridine rings is 1. The van der Waals surface area contributed by atoms with Crippen LogP contribution in [-0.2, 0) is 0 Å². The molecule has 3 rings (SSSR count). The summed E-state index contributed by atoms with van der Waals surface area (Å²) in [4.78, 5) is 25.7. The van der Waals surface area contributed by atoms with Crippen molar-refractivity contribution in [3.05, 3.63) is 41.6 Å². The summed E-state index contributed by atoms with van der Waals surface area (Å²) < 4.78 is 5.48. The first kappa shape index (κ1) is 16.6. The summed E-state index contributed by atoms with van der Waals surface area (Å²) in [6.07, 6.45) is 8.12. The van der Waals surface area contributed by atoms with Gasteiger partial charge in [0, 0.05) is 25.1 Å². The smallest absolute Gasteiger partial charge is 0.318 e. The molecule has 2 aromatic heterocycles. The van der Waals surface area contributed by atoms with Crippen molar-refractivity contribution in [2.75, 3.05) is 19.7 Å². The monoisotopic (exact) mass is 349 g/mol. The van der Waals surface area contributed by atoms with Crippen molar-refractivity contribution >= 4 is 17.6 Å². The van der Waals surface area contributed by atoms with Crippen molar-refractivity contribution in [1.82, 2.24) is 25.2 Å². The van der Waals surface area contributed by atoms with Crippen LogP contribution in [0.25, 0.3) is 0 Å². The van der Waals surface area contributed by atoms with E-state index in [-0.39, 0.29) is 12.1 Å². The van der Waals surface area contributed by atoms with E-state index in [0.29, 0.717) is 24.1 Å². The zero-order valence-corrected chi connectivity index (χ0v) is 14.0. The van der Waals surface area contributed by atoms with Crippen LogP contribution in [0.4, 0.5) is 4.79 Å². The number of halogens is 1. The number of likely N-dealkylation sites (tertiary alicyclic amines) is 1. The molecule has 0 spiro atoms. The number of hydrogen-bond acceptors (Lipinski definition) is 4. The molecule has 1 aliphatic heterocycles. The molecule has 1 unspecified atom stereocenters. The molecule has 1 atom stereocenters. The van der Waals surface area contributed by atoms with Crippen LogP contribution in [0.3, 0.4) is 0 Å². The highest BCUT2D eigenvalue weighted by Gasteiger charge is 2.29. The summed E-state index contributed by atoms with van der Waals surface area (Å²) in [6.45, 7) is 1.42. The number of aromatic amines is 1. The molecule has 24 heavy (non-hydrogen) atoms. The zero-order chi connectivity index (χ0) is 16.8. The molecular weight excluding hydrogens is 330 g/mol. The number of hydrogen-bond donors (Lipinski definition) is 2. The second-order valence-corrected chi connectivity index (χ2v) is 5.96. The van der Waals surface area contributed by atoms with E-state index in [0.717, 1.165) is 31.6 Å². The van der Waals surface area contributed by atoms with Gasteiger partial charge in [0.15, 0.2) is 0 Å². The maximum atomic E-state index is 12.5. The third kappa shape index (κ3) is 3.97. The lowest BCUT2D eigenvalue weighted by molar-refractivity contribution is 0.146. The minimum absolute atomic E-state index is 0.0000900. The predicted molar refractivity (Wildman–Crippen MR) is 90.0 cm³/mol. The van der Waals surface area contributed by atoms with Crippen LogP contribution < -0.4 is 10.1 Å². The van der Waals surface area contributed by atoms with Crippen molar-refractivity contribution in [1.29, 1.82) is 0 Å². The highest BCUT2D eigenvalue weighted by molar-refractivity contribution is 6.31. The Balaban J connectivity index is 1.49. The molecule has 0 saturated carbocycles. The highest BCUT2D eigenvalue weighted by atomic mass is 35.5. The molecule has 1 saturated heterocycles. The van der Waals surface area contributed by atoms with E-state index in [1.807, 2.05) is 4.90 Å². The molecule has 8 heteroatoms. The minimum Gasteiger partial charge on any atom is -0.475 e. The Morgan fingerprint density at radius 1 is 1.42 bits per heavy atom. The van der Waals surface area contributed by atoms with Crippen LogP contribution in [0.5, 0.6) is 5.88 Å². The Kier molecular flexibility index (Phi) is 5.53. The number of imidazole rings is 1. The van der Waals surface area contributed by atoms with Gasteiger partial charge < -0.3 is 19.9 Å². The number of urea groups is 1. The lowest BCUT2D eigenvalue weighted by Gasteiger charge is -2.34. The molecule has 3 heterocycles. The molecular formula is C16H20ClN5O2. The van der Waals surface area contributed by atoms with E-state index in [1.54, 1.807) is 30.7 Å². The molecule has 0 radical (unpaired) electrons. The SMILES string of the molecule is O=C(NCCOc1ncccc1Cl)N1CCCCC1c1ncc[nH]1. The number of nitrogens with one attached hydrogen (secondary N) is 2. The van der Waals surface area contributed by atoms with Gasteiger partial charge in [0.2, 0.25) is 5.88 Å². The summed E-state index contributed by atoms with van der Waals surface area (Å²) >= 11 is 5.97. The van der Waals surface area contributed by atoms with Crippen LogP contribution in [0, 0.1) is 0 Å². The number of carbonyl (C=O) groups excluding carboxylic acids is 1. The average molecular weight is 350 g/mol. The zero-order valence-electron chi connectivity index (χ0n) is 13.2. The average Bonchev–Trinajstić information content (AvgIpc) is 3.14. The molecule has 1 aliphatic rings. The topological polar surface area (TPSA) is 83.1 Å². The van der Waals surface area contributed by atoms with Crippen LogP contribution in [0.15, 0.2) is 30.7 Å². The summed E-state index contributed by atoms with van der Waals surface area (Å²) in [6, 6.07) is 3.35. The Morgan fingerprint density at radius 2 is 2.33 bits per heavy atom. The largest absolute Gasteiger partial charge is 0.475 e. The fourth-order valence-corrected chi connectivity index (χ4v) is 2.98. The van der Waals surface area contributed by atoms with E-state index >= 15 is 0 Å². The number of aromatic nitrogens is 3. The first-order valence-corrected chi connectivity index (χ1v) is 8.40. The number of ether oxygens (including phenoxy) is 1. The molecule has 0 bridgehead atoms. The van der Waals surface area contributed by atoms with Crippen LogP contribution in [0.1, 0.15) is 31.1 Å². The Labute approximate surface area is 145 Å². The first-order chi connectivity index (χ1) is 11.8. The van der Waals surface area contributed by atoms with Gasteiger partial charge in [-0.3, -0.25) is 0 Å². The number of H-pyrrole nitrogens is 1. The van der Waals surface area contributed by atoms with Crippen molar-refractivity contribution in [2.24, 2.45) is 0 Å². The molecule has 2 aromatic rings. The van der Waals surface area contributed by atoms with Gasteiger partial charge >= 0.3 is 6.03 Å². The molecule has 1 fully saturated rings. The third-order valence-corrected chi connectivity index (χ3v) is 4.23. The van der Waals surface area contributed by atoms with E-state index in [2.05, 4.69) is 20.3 Å². The lowest BCUT2D eigenvalue weighted by Crippen LogP contribution is -2.45. The Hall–Kier alpha value is -2.28. The summed E-state index contributed by atoms with van der Waals surface area (Å²) in [5.41, 5.74) is 0. The molecule has 2 amide bonds. The highest BCUT2D eigenvalue weighted by Crippen LogP contribution is 2.28. The lowest BCUT2D eigenvalue weighted by atomic mass is 10.0. The minimum atomic E-state index is -0.105. The van der Waals surface area contributed by atoms with E-state index in [9.17, 15) is 4.79 Å². The van der Waals surface area contributed by atoms with Gasteiger partial charge in [0.05, 0.1) is 12.6 Å². The van der Waals surface area contributed by atoms with Crippen LogP contribution >= 0.6 is 11.6 Å². The maximum Gasteiger partial charge on any atom is 0.318 e. The van der Waals surface area contributed by atoms with Gasteiger partial charge in [0.25, 0.3) is 0 Å². The van der Waals surface area contributed by atoms with Gasteiger partial charge in [-0.1, -0.05) is 11.6 Å². The van der Waals surface area contributed by atoms with Gasteiger partial charge in [-0.2, -0.15) is 0 Å². The predicted octanol–water partition coefficient (Wildman–Crippen LogP) is 2.77. The molecule has 128 valence electrons. The maximum absolute atomic E-state index is 12.5. The van der Waals surface area contributed by atoms with Gasteiger partial charge in [-0.05, 0) is 31.4 Å². The second-order valence-electron chi connectivity index (χ2n) is 5.55. The third-order valence-electron chi connectivity index (χ3n) is 3.94. The second kappa shape index (κ2) is 8.01. The van der Waals surface area contributed by atoms with Crippen molar-refractivity contribution in [3.8, 4) is 5.88 Å². The summed E-state index contributed by atoms with van der Waals surface area (Å²) in [7, 11) is 0. The van der Waals surface area contributed by atoms with Gasteiger partial charge in [-0.15, -0.1) is 0 Å². The Morgan fingerprint density at radius 3 is 3.12 bits per heavy atom. The fraction of sp³-hybridized carbons (Fsp3) is 0.438. The quantitative estimate of drug-likeness (QED) is 0.813. The van der Waals surface area contributed by atoms with E-state index in [4.69, 9.17) is 16.3 Å². The van der Waals surface area contributed by atoms with Gasteiger partial charge in [0.1, 0.15) is 17.5 Å². The van der Waals surface area contributed by atoms with Crippen molar-refractivity contribution < 1.29 is 9.53 Å². The number of carbonyl (C=O) groups is 1. The Bertz CT molecular complexity index is 664. The number of amides is 2. The number of piperidine rings is 1. The number of rotatable bonds is 5. The van der Waals surface area contributed by atoms with Crippen LogP contribution in [0.2, 0.25) is 5.02 Å². The molecule has 0 aliphatic carbocycles. The first-order valence-electron chi connectivity index (χ1n) is 8.03. The van der Waals surface area contributed by atoms with Gasteiger partial charge in [-0.25, -0.2) is 14.8 Å². The van der Waals surface area contributed by atoms with E-state index < -0.39 is 0 Å². The molecule has 2 N–H and O–H groups in total. The van der Waals surface area contributed by atoms with Crippen molar-refractivity contribution in [3.63, 3.8) is 0 Å². The molecule has 7 nitrogen and oxygen atoms in total. The van der Waals surface area contributed by atoms with Crippen molar-refractivity contribution in [2.45, 2.75) is 25.3 Å². The standard InChI is InChI=1S/C16H20ClN5O2/c17-12-4-3-6-20-15(12)24-11-9-21-16(23)22-10-2-1-5-13(22)14-18-7-8-19-14/h3-4,6-8,13H,1-2,5,9-11H2,(H,18,19)(H,21,23). The summed E-state index contributed by atoms with van der Waals surface area (Å²) in [5.74, 6) is 1.21. The van der Waals surface area contributed by atoms with E-state index in [1.165, 1.54) is 0 Å². The molecule has 0 aromatic carbocycles.